The molecule has 1 fully saturated rings. The van der Waals surface area contributed by atoms with Crippen LogP contribution in [-0.4, -0.2) is 122 Å². The molecule has 0 aliphatic carbocycles. The zero-order valence-electron chi connectivity index (χ0n) is 33.8. The molecule has 10 atom stereocenters. The molecule has 0 spiro atoms. The summed E-state index contributed by atoms with van der Waals surface area (Å²) in [6.07, 6.45) is 0.194. The van der Waals surface area contributed by atoms with Gasteiger partial charge in [0.2, 0.25) is 23.6 Å². The van der Waals surface area contributed by atoms with Crippen molar-refractivity contribution in [2.75, 3.05) is 41.4 Å². The number of ether oxygens (including phenoxy) is 2. The lowest BCUT2D eigenvalue weighted by Crippen LogP contribution is -2.55. The van der Waals surface area contributed by atoms with Crippen LogP contribution in [0.1, 0.15) is 92.7 Å². The first-order valence-electron chi connectivity index (χ1n) is 18.9. The molecule has 0 saturated carbocycles. The van der Waals surface area contributed by atoms with E-state index < -0.39 is 48.4 Å². The number of methoxy groups -OCH3 is 2. The van der Waals surface area contributed by atoms with Crippen molar-refractivity contribution in [2.45, 2.75) is 130 Å². The van der Waals surface area contributed by atoms with Gasteiger partial charge in [-0.05, 0) is 37.8 Å². The van der Waals surface area contributed by atoms with Crippen molar-refractivity contribution >= 4 is 23.6 Å². The van der Waals surface area contributed by atoms with Crippen molar-refractivity contribution in [2.24, 2.45) is 23.5 Å². The molecule has 298 valence electrons. The van der Waals surface area contributed by atoms with Gasteiger partial charge in [-0.25, -0.2) is 0 Å². The largest absolute Gasteiger partial charge is 0.386 e. The number of aliphatic hydroxyl groups excluding tert-OH is 1. The van der Waals surface area contributed by atoms with Crippen LogP contribution in [0, 0.1) is 17.8 Å². The molecule has 1 aromatic rings. The Kier molecular flexibility index (Phi) is 21.2. The maximum absolute atomic E-state index is 14.0. The summed E-state index contributed by atoms with van der Waals surface area (Å²) in [5.41, 5.74) is 7.08. The van der Waals surface area contributed by atoms with Crippen LogP contribution < -0.4 is 21.7 Å². The third kappa shape index (κ3) is 13.4. The van der Waals surface area contributed by atoms with Gasteiger partial charge in [-0.15, -0.1) is 0 Å². The summed E-state index contributed by atoms with van der Waals surface area (Å²) in [7, 11) is 6.42. The molecule has 1 heterocycles. The minimum absolute atomic E-state index is 0.0226. The molecule has 2 rings (SSSR count). The van der Waals surface area contributed by atoms with E-state index in [9.17, 15) is 24.3 Å². The Morgan fingerprint density at radius 2 is 1.60 bits per heavy atom. The van der Waals surface area contributed by atoms with Crippen LogP contribution in [0.3, 0.4) is 0 Å². The van der Waals surface area contributed by atoms with Crippen molar-refractivity contribution in [3.8, 4) is 0 Å². The van der Waals surface area contributed by atoms with E-state index >= 15 is 0 Å². The van der Waals surface area contributed by atoms with E-state index in [1.165, 1.54) is 20.6 Å². The summed E-state index contributed by atoms with van der Waals surface area (Å²) in [5.74, 6) is -1.72. The topological polar surface area (TPSA) is 176 Å². The van der Waals surface area contributed by atoms with Gasteiger partial charge >= 0.3 is 0 Å². The highest BCUT2D eigenvalue weighted by Crippen LogP contribution is 2.29. The molecule has 1 aliphatic rings. The zero-order chi connectivity index (χ0) is 39.7. The molecule has 0 radical (unpaired) electrons. The molecule has 1 aromatic carbocycles. The second-order valence-corrected chi connectivity index (χ2v) is 14.5. The van der Waals surface area contributed by atoms with Gasteiger partial charge in [0.05, 0.1) is 61.4 Å². The molecular weight excluding hydrogens is 664 g/mol. The first kappa shape index (κ1) is 46.9. The lowest BCUT2D eigenvalue weighted by atomic mass is 9.90. The number of hydrogen-bond acceptors (Lipinski definition) is 9. The summed E-state index contributed by atoms with van der Waals surface area (Å²) in [4.78, 5) is 56.8. The molecule has 1 aliphatic heterocycles. The van der Waals surface area contributed by atoms with Crippen LogP contribution in [0.2, 0.25) is 0 Å². The SMILES string of the molecule is CCC.CCC(C)C(C(CC(=O)N1CC(N)CC1C(OC)C(C)C(=O)NC(C)C(O)c1ccccc1)OC)N(C)C(=O)CNC(=O)C(NC)C(C)C. The van der Waals surface area contributed by atoms with Crippen LogP contribution in [-0.2, 0) is 28.7 Å². The van der Waals surface area contributed by atoms with Crippen LogP contribution in [0.4, 0.5) is 0 Å². The smallest absolute Gasteiger partial charge is 0.242 e. The van der Waals surface area contributed by atoms with Gasteiger partial charge in [0.1, 0.15) is 0 Å². The number of nitrogens with one attached hydrogen (secondary N) is 3. The van der Waals surface area contributed by atoms with E-state index in [1.54, 1.807) is 49.9 Å². The second-order valence-electron chi connectivity index (χ2n) is 14.5. The van der Waals surface area contributed by atoms with Crippen molar-refractivity contribution in [1.82, 2.24) is 25.8 Å². The quantitative estimate of drug-likeness (QED) is 0.143. The number of likely N-dealkylation sites (N-methyl/N-ethyl adjacent to an activating group) is 2. The van der Waals surface area contributed by atoms with Gasteiger partial charge < -0.3 is 46.1 Å². The predicted molar refractivity (Wildman–Crippen MR) is 205 cm³/mol. The number of nitrogens with two attached hydrogens (primary N) is 1. The minimum atomic E-state index is -0.896. The van der Waals surface area contributed by atoms with Gasteiger partial charge in [0, 0.05) is 33.9 Å². The molecule has 13 heteroatoms. The van der Waals surface area contributed by atoms with Crippen LogP contribution in [0.15, 0.2) is 30.3 Å². The summed E-state index contributed by atoms with van der Waals surface area (Å²) in [5, 5.41) is 19.4. The Labute approximate surface area is 313 Å². The number of amides is 4. The average molecular weight is 735 g/mol. The second kappa shape index (κ2) is 23.5. The molecule has 6 N–H and O–H groups in total. The minimum Gasteiger partial charge on any atom is -0.386 e. The maximum atomic E-state index is 14.0. The molecule has 52 heavy (non-hydrogen) atoms. The first-order chi connectivity index (χ1) is 24.5. The molecular formula is C39H70N6O7. The maximum Gasteiger partial charge on any atom is 0.242 e. The summed E-state index contributed by atoms with van der Waals surface area (Å²) >= 11 is 0. The summed E-state index contributed by atoms with van der Waals surface area (Å²) < 4.78 is 11.8. The van der Waals surface area contributed by atoms with Crippen molar-refractivity contribution in [3.05, 3.63) is 35.9 Å². The Bertz CT molecular complexity index is 1220. The highest BCUT2D eigenvalue weighted by atomic mass is 16.5. The molecule has 1 saturated heterocycles. The highest BCUT2D eigenvalue weighted by molar-refractivity contribution is 5.87. The Morgan fingerprint density at radius 3 is 2.10 bits per heavy atom. The van der Waals surface area contributed by atoms with Crippen molar-refractivity contribution in [1.29, 1.82) is 0 Å². The van der Waals surface area contributed by atoms with E-state index in [-0.39, 0.29) is 61.0 Å². The van der Waals surface area contributed by atoms with Gasteiger partial charge in [-0.1, -0.05) is 91.6 Å². The number of nitrogens with zero attached hydrogens (tertiary/aromatic N) is 2. The number of carbonyl (C=O) groups excluding carboxylic acids is 4. The number of hydrogen-bond donors (Lipinski definition) is 5. The molecule has 13 nitrogen and oxygen atoms in total. The number of rotatable bonds is 19. The van der Waals surface area contributed by atoms with Crippen molar-refractivity contribution < 1.29 is 33.8 Å². The Balaban J connectivity index is 0.00000434. The summed E-state index contributed by atoms with van der Waals surface area (Å²) in [6.45, 7) is 15.7. The van der Waals surface area contributed by atoms with Crippen LogP contribution in [0.5, 0.6) is 0 Å². The zero-order valence-corrected chi connectivity index (χ0v) is 33.8. The molecule has 4 amide bonds. The standard InChI is InChI=1S/C36H62N6O7.C3H8/c1-11-22(4)32(41(8)30(44)19-39-36(47)31(38-7)21(2)3)28(48-9)18-29(43)42-20-26(37)17-27(42)34(49-10)23(5)35(46)40-24(6)33(45)25-15-13-12-14-16-25;1-3-2/h12-16,21-24,26-28,31-34,38,45H,11,17-20,37H2,1-10H3,(H,39,47)(H,40,46);3H2,1-2H3. The van der Waals surface area contributed by atoms with Crippen LogP contribution in [0.25, 0.3) is 0 Å². The van der Waals surface area contributed by atoms with Gasteiger partial charge in [0.15, 0.2) is 0 Å². The van der Waals surface area contributed by atoms with E-state index in [0.29, 0.717) is 12.0 Å². The van der Waals surface area contributed by atoms with Gasteiger partial charge in [-0.2, -0.15) is 0 Å². The lowest BCUT2D eigenvalue weighted by molar-refractivity contribution is -0.146. The molecule has 0 aromatic heterocycles. The fourth-order valence-corrected chi connectivity index (χ4v) is 6.92. The normalized spacial score (nSPS) is 20.3. The number of benzene rings is 1. The third-order valence-electron chi connectivity index (χ3n) is 10.0. The van der Waals surface area contributed by atoms with E-state index in [1.807, 2.05) is 45.9 Å². The average Bonchev–Trinajstić information content (AvgIpc) is 3.51. The predicted octanol–water partition coefficient (Wildman–Crippen LogP) is 2.86. The number of likely N-dealkylation sites (tertiary alicyclic amines) is 1. The Hall–Kier alpha value is -3.10. The Morgan fingerprint density at radius 1 is 1.00 bits per heavy atom. The van der Waals surface area contributed by atoms with E-state index in [4.69, 9.17) is 15.2 Å². The number of aliphatic hydroxyl groups is 1. The molecule has 10 unspecified atom stereocenters. The first-order valence-corrected chi connectivity index (χ1v) is 18.9. The monoisotopic (exact) mass is 735 g/mol. The summed E-state index contributed by atoms with van der Waals surface area (Å²) in [6, 6.07) is 6.88. The highest BCUT2D eigenvalue weighted by Gasteiger charge is 2.44. The lowest BCUT2D eigenvalue weighted by Gasteiger charge is -2.39. The van der Waals surface area contributed by atoms with Gasteiger partial charge in [-0.3, -0.25) is 19.2 Å². The van der Waals surface area contributed by atoms with E-state index in [0.717, 1.165) is 6.42 Å². The van der Waals surface area contributed by atoms with Crippen LogP contribution >= 0.6 is 0 Å². The van der Waals surface area contributed by atoms with E-state index in [2.05, 4.69) is 29.8 Å². The molecule has 0 bridgehead atoms. The van der Waals surface area contributed by atoms with Crippen molar-refractivity contribution in [3.63, 3.8) is 0 Å². The van der Waals surface area contributed by atoms with Gasteiger partial charge in [0.25, 0.3) is 0 Å². The third-order valence-corrected chi connectivity index (χ3v) is 10.0. The fraction of sp³-hybridized carbons (Fsp3) is 0.744. The fourth-order valence-electron chi connectivity index (χ4n) is 6.92. The number of carbonyl (C=O) groups is 4.